The fourth-order valence-electron chi connectivity index (χ4n) is 4.35. The Hall–Kier alpha value is -3.73. The third-order valence-electron chi connectivity index (χ3n) is 6.34. The van der Waals surface area contributed by atoms with Gasteiger partial charge in [-0.3, -0.25) is 9.59 Å². The lowest BCUT2D eigenvalue weighted by molar-refractivity contribution is -0.143. The molecule has 1 aliphatic heterocycles. The number of hydrogen-bond donors (Lipinski definition) is 1. The summed E-state index contributed by atoms with van der Waals surface area (Å²) in [5.74, 6) is -0.326. The number of carbonyl (C=O) groups is 2. The summed E-state index contributed by atoms with van der Waals surface area (Å²) in [5.41, 5.74) is 1.55. The summed E-state index contributed by atoms with van der Waals surface area (Å²) in [6.45, 7) is 3.47. The molecular weight excluding hydrogens is 518 g/mol. The van der Waals surface area contributed by atoms with Crippen LogP contribution >= 0.6 is 0 Å². The molecule has 10 heteroatoms. The van der Waals surface area contributed by atoms with E-state index in [0.29, 0.717) is 44.2 Å². The molecule has 0 bridgehead atoms. The maximum Gasteiger partial charge on any atom is 0.261 e. The quantitative estimate of drug-likeness (QED) is 0.393. The number of carbonyl (C=O) groups excluding carboxylic acids is 2. The molecule has 0 radical (unpaired) electrons. The van der Waals surface area contributed by atoms with Gasteiger partial charge in [0.1, 0.15) is 11.8 Å². The van der Waals surface area contributed by atoms with Crippen LogP contribution < -0.4 is 10.1 Å². The third-order valence-corrected chi connectivity index (χ3v) is 8.25. The molecule has 0 unspecified atom stereocenters. The first-order chi connectivity index (χ1) is 18.9. The third kappa shape index (κ3) is 7.23. The van der Waals surface area contributed by atoms with Crippen LogP contribution in [0.5, 0.6) is 5.75 Å². The van der Waals surface area contributed by atoms with Gasteiger partial charge in [0.25, 0.3) is 5.91 Å². The predicted octanol–water partition coefficient (Wildman–Crippen LogP) is 2.99. The molecule has 39 heavy (non-hydrogen) atoms. The molecule has 1 atom stereocenters. The monoisotopic (exact) mass is 551 g/mol. The molecule has 0 spiro atoms. The lowest BCUT2D eigenvalue weighted by atomic mass is 10.0. The molecule has 3 aromatic carbocycles. The maximum atomic E-state index is 13.6. The number of benzene rings is 3. The Kier molecular flexibility index (Phi) is 9.69. The molecule has 1 heterocycles. The van der Waals surface area contributed by atoms with Crippen molar-refractivity contribution >= 4 is 21.8 Å². The van der Waals surface area contributed by atoms with E-state index in [1.54, 1.807) is 0 Å². The van der Waals surface area contributed by atoms with Gasteiger partial charge < -0.3 is 19.7 Å². The van der Waals surface area contributed by atoms with Gasteiger partial charge in [-0.25, -0.2) is 8.42 Å². The minimum Gasteiger partial charge on any atom is -0.484 e. The van der Waals surface area contributed by atoms with Crippen molar-refractivity contribution in [2.45, 2.75) is 24.4 Å². The van der Waals surface area contributed by atoms with Gasteiger partial charge in [0.15, 0.2) is 6.61 Å². The molecule has 3 aromatic rings. The lowest BCUT2D eigenvalue weighted by Crippen LogP contribution is -2.45. The zero-order valence-electron chi connectivity index (χ0n) is 21.9. The van der Waals surface area contributed by atoms with E-state index in [1.807, 2.05) is 67.6 Å². The molecule has 0 aromatic heterocycles. The Morgan fingerprint density at radius 2 is 1.56 bits per heavy atom. The lowest BCUT2D eigenvalue weighted by Gasteiger charge is -2.31. The second-order valence-electron chi connectivity index (χ2n) is 8.99. The number of likely N-dealkylation sites (N-methyl/N-ethyl adjacent to an activating group) is 1. The van der Waals surface area contributed by atoms with Crippen molar-refractivity contribution in [3.8, 4) is 5.75 Å². The van der Waals surface area contributed by atoms with Crippen LogP contribution in [0.15, 0.2) is 89.8 Å². The number of hydrogen-bond acceptors (Lipinski definition) is 6. The summed E-state index contributed by atoms with van der Waals surface area (Å²) in [6.07, 6.45) is 0. The van der Waals surface area contributed by atoms with Crippen molar-refractivity contribution in [2.75, 3.05) is 39.5 Å². The van der Waals surface area contributed by atoms with Gasteiger partial charge in [0, 0.05) is 26.2 Å². The SMILES string of the molecule is CCNC(=O)[C@@H](c1ccccc1)N(Cc1ccccc1)C(=O)COc1ccc(S(=O)(=O)N2CCOCC2)cc1. The van der Waals surface area contributed by atoms with E-state index >= 15 is 0 Å². The number of morpholine rings is 1. The zero-order valence-corrected chi connectivity index (χ0v) is 22.7. The number of nitrogens with one attached hydrogen (secondary N) is 1. The van der Waals surface area contributed by atoms with Crippen LogP contribution in [0.1, 0.15) is 24.1 Å². The summed E-state index contributed by atoms with van der Waals surface area (Å²) in [7, 11) is -3.64. The molecular formula is C29H33N3O6S. The molecule has 4 rings (SSSR count). The van der Waals surface area contributed by atoms with Crippen molar-refractivity contribution in [3.63, 3.8) is 0 Å². The predicted molar refractivity (Wildman–Crippen MR) is 146 cm³/mol. The van der Waals surface area contributed by atoms with Gasteiger partial charge >= 0.3 is 0 Å². The van der Waals surface area contributed by atoms with E-state index in [4.69, 9.17) is 9.47 Å². The maximum absolute atomic E-state index is 13.6. The molecule has 206 valence electrons. The molecule has 9 nitrogen and oxygen atoms in total. The number of sulfonamides is 1. The highest BCUT2D eigenvalue weighted by Crippen LogP contribution is 2.25. The number of nitrogens with zero attached hydrogens (tertiary/aromatic N) is 2. The summed E-state index contributed by atoms with van der Waals surface area (Å²) < 4.78 is 38.2. The number of amides is 2. The van der Waals surface area contributed by atoms with Gasteiger partial charge in [-0.2, -0.15) is 4.31 Å². The molecule has 1 saturated heterocycles. The Morgan fingerprint density at radius 1 is 0.949 bits per heavy atom. The van der Waals surface area contributed by atoms with Gasteiger partial charge in [-0.15, -0.1) is 0 Å². The topological polar surface area (TPSA) is 105 Å². The van der Waals surface area contributed by atoms with E-state index in [-0.39, 0.29) is 29.9 Å². The summed E-state index contributed by atoms with van der Waals surface area (Å²) >= 11 is 0. The molecule has 1 N–H and O–H groups in total. The minimum atomic E-state index is -3.64. The zero-order chi connectivity index (χ0) is 27.7. The summed E-state index contributed by atoms with van der Waals surface area (Å²) in [6, 6.07) is 23.7. The number of rotatable bonds is 11. The van der Waals surface area contributed by atoms with Crippen LogP contribution in [0.2, 0.25) is 0 Å². The second-order valence-corrected chi connectivity index (χ2v) is 10.9. The first-order valence-corrected chi connectivity index (χ1v) is 14.3. The van der Waals surface area contributed by atoms with Crippen LogP contribution in [-0.2, 0) is 30.9 Å². The highest BCUT2D eigenvalue weighted by molar-refractivity contribution is 7.89. The van der Waals surface area contributed by atoms with Gasteiger partial charge in [0.05, 0.1) is 18.1 Å². The van der Waals surface area contributed by atoms with Crippen LogP contribution in [0.25, 0.3) is 0 Å². The fraction of sp³-hybridized carbons (Fsp3) is 0.310. The first-order valence-electron chi connectivity index (χ1n) is 12.9. The van der Waals surface area contributed by atoms with E-state index in [9.17, 15) is 18.0 Å². The average Bonchev–Trinajstić information content (AvgIpc) is 2.97. The van der Waals surface area contributed by atoms with Crippen LogP contribution in [0, 0.1) is 0 Å². The normalized spacial score (nSPS) is 14.8. The van der Waals surface area contributed by atoms with E-state index < -0.39 is 16.1 Å². The highest BCUT2D eigenvalue weighted by Gasteiger charge is 2.32. The number of ether oxygens (including phenoxy) is 2. The van der Waals surface area contributed by atoms with Crippen molar-refractivity contribution < 1.29 is 27.5 Å². The Bertz CT molecular complexity index is 1330. The molecule has 0 aliphatic carbocycles. The van der Waals surface area contributed by atoms with Crippen molar-refractivity contribution in [3.05, 3.63) is 96.1 Å². The van der Waals surface area contributed by atoms with Crippen LogP contribution in [-0.4, -0.2) is 68.9 Å². The molecule has 1 fully saturated rings. The van der Waals surface area contributed by atoms with Crippen molar-refractivity contribution in [1.29, 1.82) is 0 Å². The Balaban J connectivity index is 1.53. The summed E-state index contributed by atoms with van der Waals surface area (Å²) in [5, 5.41) is 2.84. The van der Waals surface area contributed by atoms with Gasteiger partial charge in [-0.05, 0) is 42.3 Å². The van der Waals surface area contributed by atoms with Crippen molar-refractivity contribution in [1.82, 2.24) is 14.5 Å². The smallest absolute Gasteiger partial charge is 0.261 e. The van der Waals surface area contributed by atoms with E-state index in [1.165, 1.54) is 33.5 Å². The van der Waals surface area contributed by atoms with E-state index in [0.717, 1.165) is 5.56 Å². The Labute approximate surface area is 229 Å². The first kappa shape index (κ1) is 28.3. The van der Waals surface area contributed by atoms with Crippen molar-refractivity contribution in [2.24, 2.45) is 0 Å². The standard InChI is InChI=1S/C29H33N3O6S/c1-2-30-29(34)28(24-11-7-4-8-12-24)32(21-23-9-5-3-6-10-23)27(33)22-38-25-13-15-26(16-14-25)39(35,36)31-17-19-37-20-18-31/h3-16,28H,2,17-22H2,1H3,(H,30,34)/t28-/m1/s1. The largest absolute Gasteiger partial charge is 0.484 e. The summed E-state index contributed by atoms with van der Waals surface area (Å²) in [4.78, 5) is 28.4. The fourth-order valence-corrected chi connectivity index (χ4v) is 5.76. The minimum absolute atomic E-state index is 0.147. The highest BCUT2D eigenvalue weighted by atomic mass is 32.2. The molecule has 0 saturated carbocycles. The van der Waals surface area contributed by atoms with Crippen LogP contribution in [0.4, 0.5) is 0 Å². The van der Waals surface area contributed by atoms with Gasteiger partial charge in [0.2, 0.25) is 15.9 Å². The molecule has 2 amide bonds. The molecule has 1 aliphatic rings. The van der Waals surface area contributed by atoms with Crippen LogP contribution in [0.3, 0.4) is 0 Å². The van der Waals surface area contributed by atoms with Gasteiger partial charge in [-0.1, -0.05) is 60.7 Å². The van der Waals surface area contributed by atoms with E-state index in [2.05, 4.69) is 5.32 Å². The second kappa shape index (κ2) is 13.4. The Morgan fingerprint density at radius 3 is 2.18 bits per heavy atom. The average molecular weight is 552 g/mol.